The van der Waals surface area contributed by atoms with Gasteiger partial charge in [0.25, 0.3) is 0 Å². The van der Waals surface area contributed by atoms with Crippen LogP contribution in [0.15, 0.2) is 30.3 Å². The topological polar surface area (TPSA) is 37.3 Å². The molecule has 0 fully saturated rings. The average molecular weight is 182 g/mol. The molecule has 1 aromatic carbocycles. The average Bonchev–Trinajstić information content (AvgIpc) is 2.05. The van der Waals surface area contributed by atoms with E-state index in [0.717, 1.165) is 22.7 Å². The van der Waals surface area contributed by atoms with Crippen molar-refractivity contribution in [2.75, 3.05) is 0 Å². The van der Waals surface area contributed by atoms with E-state index >= 15 is 0 Å². The van der Waals surface area contributed by atoms with Crippen molar-refractivity contribution in [3.8, 4) is 0 Å². The van der Waals surface area contributed by atoms with E-state index in [9.17, 15) is 4.79 Å². The SMILES string of the molecule is O=C(O)C=[SH]Cc1ccccc1. The highest BCUT2D eigenvalue weighted by atomic mass is 32.1. The Morgan fingerprint density at radius 2 is 2.08 bits per heavy atom. The van der Waals surface area contributed by atoms with Gasteiger partial charge in [-0.1, -0.05) is 30.3 Å². The maximum Gasteiger partial charge on any atom is 0.333 e. The summed E-state index contributed by atoms with van der Waals surface area (Å²) in [5.74, 6) is -0.0831. The van der Waals surface area contributed by atoms with Gasteiger partial charge in [0.2, 0.25) is 0 Å². The molecule has 0 spiro atoms. The molecule has 12 heavy (non-hydrogen) atoms. The van der Waals surface area contributed by atoms with Crippen molar-refractivity contribution in [1.82, 2.24) is 0 Å². The first kappa shape index (κ1) is 9.00. The molecule has 0 heterocycles. The quantitative estimate of drug-likeness (QED) is 0.549. The number of rotatable bonds is 3. The lowest BCUT2D eigenvalue weighted by Gasteiger charge is -1.92. The van der Waals surface area contributed by atoms with Crippen LogP contribution < -0.4 is 0 Å². The number of benzene rings is 1. The fourth-order valence-electron chi connectivity index (χ4n) is 0.813. The van der Waals surface area contributed by atoms with Crippen LogP contribution in [0.1, 0.15) is 5.56 Å². The molecule has 3 heteroatoms. The van der Waals surface area contributed by atoms with Crippen molar-refractivity contribution in [1.29, 1.82) is 0 Å². The number of hydrogen-bond acceptors (Lipinski definition) is 1. The van der Waals surface area contributed by atoms with Crippen LogP contribution in [-0.2, 0) is 10.5 Å². The minimum atomic E-state index is -0.854. The summed E-state index contributed by atoms with van der Waals surface area (Å²) in [7, 11) is 0. The third-order valence-electron chi connectivity index (χ3n) is 1.32. The zero-order valence-electron chi connectivity index (χ0n) is 6.47. The molecule has 0 bridgehead atoms. The van der Waals surface area contributed by atoms with Crippen LogP contribution in [0.2, 0.25) is 0 Å². The summed E-state index contributed by atoms with van der Waals surface area (Å²) in [6, 6.07) is 9.82. The highest BCUT2D eigenvalue weighted by Gasteiger charge is 1.87. The van der Waals surface area contributed by atoms with Gasteiger partial charge in [-0.3, -0.25) is 0 Å². The third kappa shape index (κ3) is 3.34. The first-order chi connectivity index (χ1) is 5.79. The molecule has 0 saturated carbocycles. The van der Waals surface area contributed by atoms with Crippen LogP contribution in [0.4, 0.5) is 0 Å². The molecule has 1 N–H and O–H groups in total. The highest BCUT2D eigenvalue weighted by Crippen LogP contribution is 2.03. The summed E-state index contributed by atoms with van der Waals surface area (Å²) in [5.41, 5.74) is 1.16. The lowest BCUT2D eigenvalue weighted by atomic mass is 10.2. The van der Waals surface area contributed by atoms with E-state index in [-0.39, 0.29) is 0 Å². The molecular formula is C9H10O2S. The predicted molar refractivity (Wildman–Crippen MR) is 52.8 cm³/mol. The summed E-state index contributed by atoms with van der Waals surface area (Å²) in [6.07, 6.45) is 0. The highest BCUT2D eigenvalue weighted by molar-refractivity contribution is 7.97. The molecule has 0 aliphatic carbocycles. The molecule has 0 radical (unpaired) electrons. The largest absolute Gasteiger partial charge is 0.478 e. The summed E-state index contributed by atoms with van der Waals surface area (Å²) in [4.78, 5) is 10.1. The fraction of sp³-hybridized carbons (Fsp3) is 0.111. The van der Waals surface area contributed by atoms with Gasteiger partial charge < -0.3 is 5.11 Å². The molecule has 1 aromatic rings. The summed E-state index contributed by atoms with van der Waals surface area (Å²) in [5, 5.41) is 9.59. The second-order valence-corrected chi connectivity index (χ2v) is 3.23. The van der Waals surface area contributed by atoms with Gasteiger partial charge in [0, 0.05) is 11.1 Å². The minimum Gasteiger partial charge on any atom is -0.478 e. The van der Waals surface area contributed by atoms with E-state index in [4.69, 9.17) is 5.11 Å². The maximum absolute atomic E-state index is 10.1. The van der Waals surface area contributed by atoms with Gasteiger partial charge in [-0.25, -0.2) is 4.79 Å². The van der Waals surface area contributed by atoms with Crippen LogP contribution in [-0.4, -0.2) is 16.4 Å². The van der Waals surface area contributed by atoms with Crippen molar-refractivity contribution in [3.63, 3.8) is 0 Å². The van der Waals surface area contributed by atoms with Gasteiger partial charge in [0.05, 0.1) is 0 Å². The summed E-state index contributed by atoms with van der Waals surface area (Å²) in [6.45, 7) is 0. The molecule has 2 nitrogen and oxygen atoms in total. The predicted octanol–water partition coefficient (Wildman–Crippen LogP) is 1.54. The minimum absolute atomic E-state index is 0.771. The Hall–Kier alpha value is -1.09. The van der Waals surface area contributed by atoms with Crippen LogP contribution in [0, 0.1) is 0 Å². The number of carboxylic acids is 1. The van der Waals surface area contributed by atoms with Gasteiger partial charge in [-0.05, 0) is 5.56 Å². The summed E-state index contributed by atoms with van der Waals surface area (Å²) < 4.78 is 0. The Labute approximate surface area is 74.8 Å². The van der Waals surface area contributed by atoms with E-state index in [1.165, 1.54) is 5.37 Å². The molecule has 0 aliphatic rings. The Morgan fingerprint density at radius 1 is 1.42 bits per heavy atom. The number of carbonyl (C=O) groups is 1. The number of hydrogen-bond donors (Lipinski definition) is 2. The van der Waals surface area contributed by atoms with Crippen molar-refractivity contribution in [3.05, 3.63) is 35.9 Å². The van der Waals surface area contributed by atoms with Crippen molar-refractivity contribution in [2.45, 2.75) is 5.75 Å². The zero-order valence-corrected chi connectivity index (χ0v) is 7.37. The molecule has 0 saturated heterocycles. The van der Waals surface area contributed by atoms with Crippen LogP contribution in [0.3, 0.4) is 0 Å². The Morgan fingerprint density at radius 3 is 2.67 bits per heavy atom. The third-order valence-corrected chi connectivity index (χ3v) is 2.27. The molecule has 0 aromatic heterocycles. The Bertz CT molecular complexity index is 280. The van der Waals surface area contributed by atoms with Gasteiger partial charge >= 0.3 is 5.97 Å². The number of thiol groups is 1. The second kappa shape index (κ2) is 4.72. The number of carboxylic acid groups (broad SMARTS) is 1. The maximum atomic E-state index is 10.1. The van der Waals surface area contributed by atoms with Crippen molar-refractivity contribution >= 4 is 22.7 Å². The van der Waals surface area contributed by atoms with Crippen molar-refractivity contribution < 1.29 is 9.90 Å². The molecule has 64 valence electrons. The normalized spacial score (nSPS) is 11.0. The molecule has 0 aliphatic heterocycles. The molecule has 0 unspecified atom stereocenters. The molecule has 0 amide bonds. The van der Waals surface area contributed by atoms with Gasteiger partial charge in [0.1, 0.15) is 0 Å². The lowest BCUT2D eigenvalue weighted by Crippen LogP contribution is -1.92. The molecular weight excluding hydrogens is 172 g/mol. The monoisotopic (exact) mass is 182 g/mol. The number of aliphatic carboxylic acids is 1. The zero-order chi connectivity index (χ0) is 8.81. The van der Waals surface area contributed by atoms with Gasteiger partial charge in [-0.2, -0.15) is 11.4 Å². The second-order valence-electron chi connectivity index (χ2n) is 2.29. The Kier molecular flexibility index (Phi) is 3.54. The van der Waals surface area contributed by atoms with Crippen LogP contribution in [0.5, 0.6) is 0 Å². The first-order valence-corrected chi connectivity index (χ1v) is 4.70. The van der Waals surface area contributed by atoms with E-state index in [1.807, 2.05) is 30.3 Å². The van der Waals surface area contributed by atoms with E-state index in [2.05, 4.69) is 0 Å². The van der Waals surface area contributed by atoms with Gasteiger partial charge in [0.15, 0.2) is 0 Å². The molecule has 1 rings (SSSR count). The molecule has 0 atom stereocenters. The van der Waals surface area contributed by atoms with E-state index in [1.54, 1.807) is 0 Å². The smallest absolute Gasteiger partial charge is 0.333 e. The lowest BCUT2D eigenvalue weighted by molar-refractivity contribution is -0.128. The van der Waals surface area contributed by atoms with E-state index in [0.29, 0.717) is 0 Å². The fourth-order valence-corrected chi connectivity index (χ4v) is 1.48. The van der Waals surface area contributed by atoms with Crippen LogP contribution in [0.25, 0.3) is 0 Å². The summed E-state index contributed by atoms with van der Waals surface area (Å²) >= 11 is 0.828. The van der Waals surface area contributed by atoms with Crippen molar-refractivity contribution in [2.24, 2.45) is 0 Å². The van der Waals surface area contributed by atoms with Gasteiger partial charge in [-0.15, -0.1) is 0 Å². The standard InChI is InChI=1S/C9H10O2S/c10-9(11)7-12-6-8-4-2-1-3-5-8/h1-5,7,12H,6H2,(H,10,11). The van der Waals surface area contributed by atoms with E-state index < -0.39 is 5.97 Å². The Balaban J connectivity index is 2.49. The van der Waals surface area contributed by atoms with Crippen LogP contribution >= 0.6 is 11.4 Å². The first-order valence-electron chi connectivity index (χ1n) is 3.56.